The Labute approximate surface area is 161 Å². The molecule has 1 saturated heterocycles. The van der Waals surface area contributed by atoms with Gasteiger partial charge >= 0.3 is 0 Å². The molecule has 3 atom stereocenters. The number of aliphatic hydroxyl groups excluding tert-OH is 1. The molecule has 0 aromatic heterocycles. The first kappa shape index (κ1) is 19.8. The van der Waals surface area contributed by atoms with Gasteiger partial charge in [-0.3, -0.25) is 0 Å². The third-order valence-electron chi connectivity index (χ3n) is 4.72. The fourth-order valence-corrected chi connectivity index (χ4v) is 3.26. The molecule has 2 aromatic rings. The quantitative estimate of drug-likeness (QED) is 0.801. The van der Waals surface area contributed by atoms with Gasteiger partial charge in [-0.1, -0.05) is 42.5 Å². The maximum absolute atomic E-state index is 9.69. The fourth-order valence-electron chi connectivity index (χ4n) is 3.26. The Balaban J connectivity index is 1.65. The molecule has 1 heterocycles. The first-order chi connectivity index (χ1) is 12.9. The van der Waals surface area contributed by atoms with Gasteiger partial charge in [0.1, 0.15) is 6.10 Å². The zero-order valence-electron chi connectivity index (χ0n) is 16.5. The lowest BCUT2D eigenvalue weighted by atomic mass is 10.1. The number of ether oxygens (including phenoxy) is 3. The molecule has 0 bridgehead atoms. The Morgan fingerprint density at radius 3 is 2.37 bits per heavy atom. The second-order valence-corrected chi connectivity index (χ2v) is 7.44. The van der Waals surface area contributed by atoms with Crippen molar-refractivity contribution >= 4 is 5.69 Å². The van der Waals surface area contributed by atoms with Crippen LogP contribution in [0.15, 0.2) is 54.6 Å². The summed E-state index contributed by atoms with van der Waals surface area (Å²) in [5.74, 6) is -0.667. The topological polar surface area (TPSA) is 51.2 Å². The summed E-state index contributed by atoms with van der Waals surface area (Å²) < 4.78 is 18.1. The van der Waals surface area contributed by atoms with Crippen LogP contribution in [-0.4, -0.2) is 36.9 Å². The van der Waals surface area contributed by atoms with E-state index < -0.39 is 11.9 Å². The molecule has 146 valence electrons. The highest BCUT2D eigenvalue weighted by Gasteiger charge is 2.43. The predicted molar refractivity (Wildman–Crippen MR) is 105 cm³/mol. The van der Waals surface area contributed by atoms with Gasteiger partial charge in [0.15, 0.2) is 12.0 Å². The standard InChI is InChI=1S/C22H29NO4/c1-16(24)18-10-12-19(13-11-18)23(4)21-20(26-22(2,3)27-21)15-25-14-17-8-6-5-7-9-17/h5-13,16,20-21,24H,14-15H2,1-4H3. The van der Waals surface area contributed by atoms with Crippen molar-refractivity contribution in [1.29, 1.82) is 0 Å². The Morgan fingerprint density at radius 2 is 1.74 bits per heavy atom. The van der Waals surface area contributed by atoms with E-state index in [-0.39, 0.29) is 12.3 Å². The van der Waals surface area contributed by atoms with Gasteiger partial charge in [0.2, 0.25) is 0 Å². The maximum Gasteiger partial charge on any atom is 0.166 e. The SMILES string of the molecule is CC(O)c1ccc(N(C)C2OC(C)(C)OC2COCc2ccccc2)cc1. The second kappa shape index (κ2) is 8.40. The summed E-state index contributed by atoms with van der Waals surface area (Å²) in [6.07, 6.45) is -0.938. The molecule has 1 N–H and O–H groups in total. The average Bonchev–Trinajstić information content (AvgIpc) is 2.96. The van der Waals surface area contributed by atoms with E-state index in [2.05, 4.69) is 4.90 Å². The van der Waals surface area contributed by atoms with Crippen LogP contribution >= 0.6 is 0 Å². The van der Waals surface area contributed by atoms with Crippen molar-refractivity contribution < 1.29 is 19.3 Å². The zero-order chi connectivity index (χ0) is 19.4. The Morgan fingerprint density at radius 1 is 1.07 bits per heavy atom. The molecule has 2 aromatic carbocycles. The first-order valence-corrected chi connectivity index (χ1v) is 9.34. The van der Waals surface area contributed by atoms with Crippen LogP contribution in [0.1, 0.15) is 38.0 Å². The molecule has 27 heavy (non-hydrogen) atoms. The van der Waals surface area contributed by atoms with E-state index in [0.29, 0.717) is 13.2 Å². The molecule has 0 radical (unpaired) electrons. The van der Waals surface area contributed by atoms with Crippen LogP contribution in [0.3, 0.4) is 0 Å². The van der Waals surface area contributed by atoms with E-state index in [0.717, 1.165) is 16.8 Å². The third-order valence-corrected chi connectivity index (χ3v) is 4.72. The van der Waals surface area contributed by atoms with Crippen molar-refractivity contribution in [3.63, 3.8) is 0 Å². The molecule has 0 spiro atoms. The smallest absolute Gasteiger partial charge is 0.166 e. The predicted octanol–water partition coefficient (Wildman–Crippen LogP) is 3.87. The fraction of sp³-hybridized carbons (Fsp3) is 0.455. The van der Waals surface area contributed by atoms with Gasteiger partial charge in [-0.05, 0) is 44.0 Å². The summed E-state index contributed by atoms with van der Waals surface area (Å²) in [7, 11) is 1.98. The maximum atomic E-state index is 9.69. The van der Waals surface area contributed by atoms with Crippen molar-refractivity contribution in [1.82, 2.24) is 0 Å². The number of benzene rings is 2. The summed E-state index contributed by atoms with van der Waals surface area (Å²) in [6.45, 7) is 6.58. The minimum absolute atomic E-state index is 0.204. The number of likely N-dealkylation sites (N-methyl/N-ethyl adjacent to an activating group) is 1. The third kappa shape index (κ3) is 5.08. The molecule has 3 rings (SSSR count). The number of rotatable bonds is 7. The van der Waals surface area contributed by atoms with Crippen LogP contribution in [-0.2, 0) is 20.8 Å². The van der Waals surface area contributed by atoms with Crippen LogP contribution in [0.2, 0.25) is 0 Å². The van der Waals surface area contributed by atoms with Gasteiger partial charge in [-0.2, -0.15) is 0 Å². The molecule has 0 saturated carbocycles. The number of anilines is 1. The molecular weight excluding hydrogens is 342 g/mol. The van der Waals surface area contributed by atoms with E-state index in [9.17, 15) is 5.11 Å². The monoisotopic (exact) mass is 371 g/mol. The van der Waals surface area contributed by atoms with Crippen LogP contribution in [0.5, 0.6) is 0 Å². The van der Waals surface area contributed by atoms with Gasteiger partial charge in [0.05, 0.1) is 19.3 Å². The Kier molecular flexibility index (Phi) is 6.17. The minimum atomic E-state index is -0.667. The lowest BCUT2D eigenvalue weighted by Gasteiger charge is -2.29. The van der Waals surface area contributed by atoms with Gasteiger partial charge < -0.3 is 24.2 Å². The zero-order valence-corrected chi connectivity index (χ0v) is 16.5. The van der Waals surface area contributed by atoms with E-state index in [1.807, 2.05) is 75.5 Å². The molecule has 1 aliphatic heterocycles. The van der Waals surface area contributed by atoms with Crippen molar-refractivity contribution in [2.45, 2.75) is 51.6 Å². The highest BCUT2D eigenvalue weighted by atomic mass is 16.8. The van der Waals surface area contributed by atoms with Gasteiger partial charge in [-0.15, -0.1) is 0 Å². The van der Waals surface area contributed by atoms with Crippen LogP contribution < -0.4 is 4.90 Å². The summed E-state index contributed by atoms with van der Waals surface area (Å²) in [5.41, 5.74) is 3.02. The molecule has 1 aliphatic rings. The van der Waals surface area contributed by atoms with Crippen LogP contribution in [0.25, 0.3) is 0 Å². The lowest BCUT2D eigenvalue weighted by molar-refractivity contribution is -0.151. The molecule has 1 fully saturated rings. The summed E-state index contributed by atoms with van der Waals surface area (Å²) in [6, 6.07) is 17.9. The highest BCUT2D eigenvalue weighted by Crippen LogP contribution is 2.32. The first-order valence-electron chi connectivity index (χ1n) is 9.34. The minimum Gasteiger partial charge on any atom is -0.389 e. The molecular formula is C22H29NO4. The van der Waals surface area contributed by atoms with Gasteiger partial charge in [-0.25, -0.2) is 0 Å². The summed E-state index contributed by atoms with van der Waals surface area (Å²) >= 11 is 0. The number of hydrogen-bond acceptors (Lipinski definition) is 5. The van der Waals surface area contributed by atoms with E-state index in [1.165, 1.54) is 0 Å². The molecule has 5 heteroatoms. The van der Waals surface area contributed by atoms with Crippen LogP contribution in [0, 0.1) is 0 Å². The van der Waals surface area contributed by atoms with Gasteiger partial charge in [0, 0.05) is 12.7 Å². The van der Waals surface area contributed by atoms with Crippen molar-refractivity contribution in [2.75, 3.05) is 18.6 Å². The van der Waals surface area contributed by atoms with Crippen molar-refractivity contribution in [3.8, 4) is 0 Å². The molecule has 5 nitrogen and oxygen atoms in total. The molecule has 3 unspecified atom stereocenters. The number of hydrogen-bond donors (Lipinski definition) is 1. The van der Waals surface area contributed by atoms with E-state index in [4.69, 9.17) is 14.2 Å². The Bertz CT molecular complexity index is 715. The second-order valence-electron chi connectivity index (χ2n) is 7.44. The van der Waals surface area contributed by atoms with Crippen molar-refractivity contribution in [3.05, 3.63) is 65.7 Å². The Hall–Kier alpha value is -1.92. The molecule has 0 aliphatic carbocycles. The van der Waals surface area contributed by atoms with E-state index in [1.54, 1.807) is 6.92 Å². The summed E-state index contributed by atoms with van der Waals surface area (Å²) in [5, 5.41) is 9.69. The highest BCUT2D eigenvalue weighted by molar-refractivity contribution is 5.48. The summed E-state index contributed by atoms with van der Waals surface area (Å²) in [4.78, 5) is 2.05. The normalized spacial score (nSPS) is 22.6. The number of aliphatic hydroxyl groups is 1. The largest absolute Gasteiger partial charge is 0.389 e. The van der Waals surface area contributed by atoms with E-state index >= 15 is 0 Å². The van der Waals surface area contributed by atoms with Gasteiger partial charge in [0.25, 0.3) is 0 Å². The number of nitrogens with zero attached hydrogens (tertiary/aromatic N) is 1. The van der Waals surface area contributed by atoms with Crippen molar-refractivity contribution in [2.24, 2.45) is 0 Å². The lowest BCUT2D eigenvalue weighted by Crippen LogP contribution is -2.41. The average molecular weight is 371 g/mol. The molecule has 0 amide bonds. The van der Waals surface area contributed by atoms with Crippen LogP contribution in [0.4, 0.5) is 5.69 Å².